The van der Waals surface area contributed by atoms with Gasteiger partial charge >= 0.3 is 33.6 Å². The number of phosphoric acid groups is 2. The molecule has 618 valence electrons. The Morgan fingerprint density at radius 2 is 0.495 bits per heavy atom. The lowest BCUT2D eigenvalue weighted by Crippen LogP contribution is -2.30. The molecule has 5 unspecified atom stereocenters. The first-order valence-electron chi connectivity index (χ1n) is 42.8. The average molecular weight is 1540 g/mol. The van der Waals surface area contributed by atoms with Gasteiger partial charge in [-0.3, -0.25) is 32.5 Å². The molecule has 0 aliphatic carbocycles. The molecule has 4 N–H and O–H groups in total. The Morgan fingerprint density at radius 3 is 0.785 bits per heavy atom. The third-order valence-corrected chi connectivity index (χ3v) is 20.1. The van der Waals surface area contributed by atoms with Crippen LogP contribution in [0.3, 0.4) is 0 Å². The van der Waals surface area contributed by atoms with Crippen LogP contribution in [0, 0.1) is 0 Å². The fourth-order valence-corrected chi connectivity index (χ4v) is 13.3. The van der Waals surface area contributed by atoms with E-state index in [0.29, 0.717) is 19.3 Å². The van der Waals surface area contributed by atoms with Crippen molar-refractivity contribution in [1.29, 1.82) is 0 Å². The standard InChI is InChI=1S/C89H156O16P2/c1-4-7-10-13-16-19-22-25-28-30-32-34-36-38-39-40-41-42-43-45-47-48-50-52-55-57-60-63-66-69-72-75-87(92)99-78-84(90)79-101-106(95,96)102-80-85(91)81-103-107(97,98)104-83-86(105-89(94)77-74-71-68-65-62-59-54-27-24-21-18-15-12-9-6-3)82-100-88(93)76-73-70-67-64-61-58-56-53-51-49-46-44-37-35-33-31-29-26-23-20-17-14-11-8-5-2/h7-8,10-11,16-17,19-20,25-26,28-29,32-35,38-39,44,46,84-86,90-91H,4-6,9,12-15,18,21-24,27,30-31,36-37,40-43,45,47-83H2,1-3H3,(H,95,96)(H,97,98)/b10-7-,11-8-,19-16-,20-17-,28-25-,29-26-,34-32-,35-33-,39-38-,46-44-. The van der Waals surface area contributed by atoms with Crippen LogP contribution < -0.4 is 0 Å². The topological polar surface area (TPSA) is 231 Å². The summed E-state index contributed by atoms with van der Waals surface area (Å²) in [4.78, 5) is 58.8. The second-order valence-corrected chi connectivity index (χ2v) is 31.5. The molecular formula is C89H156O16P2. The summed E-state index contributed by atoms with van der Waals surface area (Å²) in [5.74, 6) is -1.56. The van der Waals surface area contributed by atoms with Crippen LogP contribution in [0.1, 0.15) is 367 Å². The van der Waals surface area contributed by atoms with E-state index in [-0.39, 0.29) is 19.3 Å². The van der Waals surface area contributed by atoms with E-state index in [9.17, 15) is 43.5 Å². The lowest BCUT2D eigenvalue weighted by atomic mass is 10.0. The third kappa shape index (κ3) is 82.7. The van der Waals surface area contributed by atoms with Crippen molar-refractivity contribution >= 4 is 33.6 Å². The first kappa shape index (κ1) is 103. The minimum absolute atomic E-state index is 0.106. The quantitative estimate of drug-likeness (QED) is 0.0146. The van der Waals surface area contributed by atoms with Gasteiger partial charge in [-0.05, 0) is 109 Å². The summed E-state index contributed by atoms with van der Waals surface area (Å²) in [6.07, 6.45) is 98.2. The molecule has 0 aromatic heterocycles. The van der Waals surface area contributed by atoms with Crippen molar-refractivity contribution in [2.45, 2.75) is 386 Å². The van der Waals surface area contributed by atoms with Crippen molar-refractivity contribution < 1.29 is 75.8 Å². The van der Waals surface area contributed by atoms with Crippen molar-refractivity contribution in [3.8, 4) is 0 Å². The highest BCUT2D eigenvalue weighted by molar-refractivity contribution is 7.47. The zero-order valence-corrected chi connectivity index (χ0v) is 69.6. The van der Waals surface area contributed by atoms with E-state index in [1.807, 2.05) is 0 Å². The van der Waals surface area contributed by atoms with Gasteiger partial charge in [-0.2, -0.15) is 0 Å². The van der Waals surface area contributed by atoms with Gasteiger partial charge in [0.05, 0.1) is 26.4 Å². The Labute approximate surface area is 653 Å². The van der Waals surface area contributed by atoms with Crippen molar-refractivity contribution in [3.63, 3.8) is 0 Å². The Hall–Kier alpha value is -4.05. The van der Waals surface area contributed by atoms with Crippen molar-refractivity contribution in [2.75, 3.05) is 39.6 Å². The maximum absolute atomic E-state index is 13.0. The maximum atomic E-state index is 13.0. The molecule has 0 rings (SSSR count). The van der Waals surface area contributed by atoms with Gasteiger partial charge in [-0.1, -0.05) is 361 Å². The van der Waals surface area contributed by atoms with E-state index in [1.54, 1.807) is 0 Å². The third-order valence-electron chi connectivity index (χ3n) is 18.2. The highest BCUT2D eigenvalue weighted by atomic mass is 31.2. The summed E-state index contributed by atoms with van der Waals surface area (Å²) < 4.78 is 61.3. The Morgan fingerprint density at radius 1 is 0.271 bits per heavy atom. The number of phosphoric ester groups is 2. The molecule has 5 atom stereocenters. The van der Waals surface area contributed by atoms with Gasteiger partial charge in [-0.15, -0.1) is 0 Å². The molecule has 0 amide bonds. The monoisotopic (exact) mass is 1540 g/mol. The fraction of sp³-hybridized carbons (Fsp3) is 0.742. The zero-order valence-electron chi connectivity index (χ0n) is 67.8. The van der Waals surface area contributed by atoms with E-state index in [1.165, 1.54) is 167 Å². The Kier molecular flexibility index (Phi) is 78.4. The van der Waals surface area contributed by atoms with Crippen LogP contribution in [0.4, 0.5) is 0 Å². The van der Waals surface area contributed by atoms with Gasteiger partial charge in [0.25, 0.3) is 0 Å². The lowest BCUT2D eigenvalue weighted by Gasteiger charge is -2.21. The predicted molar refractivity (Wildman–Crippen MR) is 445 cm³/mol. The normalized spacial score (nSPS) is 14.5. The van der Waals surface area contributed by atoms with E-state index < -0.39 is 91.5 Å². The highest BCUT2D eigenvalue weighted by Crippen LogP contribution is 2.45. The molecule has 0 bridgehead atoms. The fourth-order valence-electron chi connectivity index (χ4n) is 11.7. The second-order valence-electron chi connectivity index (χ2n) is 28.6. The van der Waals surface area contributed by atoms with Gasteiger partial charge in [-0.25, -0.2) is 9.13 Å². The van der Waals surface area contributed by atoms with E-state index >= 15 is 0 Å². The van der Waals surface area contributed by atoms with Crippen LogP contribution in [-0.4, -0.2) is 95.9 Å². The molecule has 0 aliphatic heterocycles. The highest BCUT2D eigenvalue weighted by Gasteiger charge is 2.29. The van der Waals surface area contributed by atoms with Gasteiger partial charge in [0.1, 0.15) is 25.4 Å². The number of hydrogen-bond acceptors (Lipinski definition) is 14. The number of aliphatic hydroxyl groups is 2. The molecule has 0 fully saturated rings. The van der Waals surface area contributed by atoms with Crippen molar-refractivity contribution in [1.82, 2.24) is 0 Å². The number of hydrogen-bond donors (Lipinski definition) is 4. The first-order chi connectivity index (χ1) is 52.2. The van der Waals surface area contributed by atoms with Gasteiger partial charge in [0.2, 0.25) is 0 Å². The molecule has 0 saturated heterocycles. The summed E-state index contributed by atoms with van der Waals surface area (Å²) in [7, 11) is -9.79. The number of rotatable bonds is 81. The number of esters is 3. The molecule has 107 heavy (non-hydrogen) atoms. The van der Waals surface area contributed by atoms with E-state index in [2.05, 4.69) is 142 Å². The minimum atomic E-state index is -4.93. The summed E-state index contributed by atoms with van der Waals surface area (Å²) in [5.41, 5.74) is 0. The van der Waals surface area contributed by atoms with E-state index in [4.69, 9.17) is 32.3 Å². The Bertz CT molecular complexity index is 2430. The van der Waals surface area contributed by atoms with Gasteiger partial charge in [0, 0.05) is 19.3 Å². The molecule has 18 heteroatoms. The van der Waals surface area contributed by atoms with Crippen LogP contribution >= 0.6 is 15.6 Å². The molecule has 16 nitrogen and oxygen atoms in total. The van der Waals surface area contributed by atoms with Gasteiger partial charge < -0.3 is 34.2 Å². The SMILES string of the molecule is CC/C=C\C/C=C\C/C=C\C/C=C\C/C=C\CCCCCCCCCCCCCCCCCC(=O)OCC(O)COP(=O)(O)OCC(O)COP(=O)(O)OCC(COC(=O)CCCCCCCCCCC/C=C\C/C=C\C/C=C\C/C=C\C/C=C\CC)OC(=O)CCCCCCCCCCCCCCCCC. The first-order valence-corrected chi connectivity index (χ1v) is 45.8. The number of unbranched alkanes of at least 4 members (excludes halogenated alkanes) is 38. The van der Waals surface area contributed by atoms with Crippen LogP contribution in [0.15, 0.2) is 122 Å². The van der Waals surface area contributed by atoms with Crippen molar-refractivity contribution in [2.24, 2.45) is 0 Å². The molecule has 0 saturated carbocycles. The van der Waals surface area contributed by atoms with E-state index in [0.717, 1.165) is 141 Å². The maximum Gasteiger partial charge on any atom is 0.472 e. The second kappa shape index (κ2) is 81.4. The zero-order chi connectivity index (χ0) is 78.0. The Balaban J connectivity index is 4.48. The number of carbonyl (C=O) groups is 3. The summed E-state index contributed by atoms with van der Waals surface area (Å²) in [6.45, 7) is 2.51. The molecule has 0 radical (unpaired) electrons. The number of aliphatic hydroxyl groups excluding tert-OH is 2. The van der Waals surface area contributed by atoms with Crippen LogP contribution in [0.2, 0.25) is 0 Å². The van der Waals surface area contributed by atoms with Crippen LogP contribution in [0.25, 0.3) is 0 Å². The number of allylic oxidation sites excluding steroid dienone is 20. The summed E-state index contributed by atoms with van der Waals surface area (Å²) >= 11 is 0. The average Bonchev–Trinajstić information content (AvgIpc) is 0.906. The largest absolute Gasteiger partial charge is 0.472 e. The predicted octanol–water partition coefficient (Wildman–Crippen LogP) is 25.7. The minimum Gasteiger partial charge on any atom is -0.463 e. The smallest absolute Gasteiger partial charge is 0.463 e. The molecule has 0 aliphatic rings. The molecule has 0 heterocycles. The molecule has 0 spiro atoms. The summed E-state index contributed by atoms with van der Waals surface area (Å²) in [6, 6.07) is 0. The van der Waals surface area contributed by atoms with Crippen molar-refractivity contribution in [3.05, 3.63) is 122 Å². The summed E-state index contributed by atoms with van der Waals surface area (Å²) in [5, 5.41) is 20.7. The van der Waals surface area contributed by atoms with Crippen LogP contribution in [-0.2, 0) is 55.8 Å². The number of carbonyl (C=O) groups excluding carboxylic acids is 3. The molecular weight excluding hydrogens is 1390 g/mol. The molecule has 0 aromatic carbocycles. The molecule has 0 aromatic rings. The van der Waals surface area contributed by atoms with Crippen LogP contribution in [0.5, 0.6) is 0 Å². The van der Waals surface area contributed by atoms with Gasteiger partial charge in [0.15, 0.2) is 6.10 Å². The number of ether oxygens (including phenoxy) is 3. The lowest BCUT2D eigenvalue weighted by molar-refractivity contribution is -0.161.